The molecule has 1 aromatic rings. The molecule has 5 aliphatic heterocycles. The number of piperazine rings is 1. The molecule has 3 amide bonds. The number of nitrogens with zero attached hydrogens (tertiary/aromatic N) is 3. The molecule has 0 aromatic heterocycles. The summed E-state index contributed by atoms with van der Waals surface area (Å²) in [6, 6.07) is 0. The van der Waals surface area contributed by atoms with Crippen LogP contribution in [-0.4, -0.2) is 148 Å². The average Bonchev–Trinajstić information content (AvgIpc) is 4.08. The molecular weight excluding hydrogens is 905 g/mol. The van der Waals surface area contributed by atoms with Gasteiger partial charge in [0.25, 0.3) is 11.7 Å². The van der Waals surface area contributed by atoms with Crippen LogP contribution in [0.2, 0.25) is 0 Å². The topological polar surface area (TPSA) is 239 Å². The molecule has 18 heteroatoms. The van der Waals surface area contributed by atoms with Crippen LogP contribution in [0.3, 0.4) is 0 Å². The fourth-order valence-electron chi connectivity index (χ4n) is 11.6. The Balaban J connectivity index is 1.13. The molecule has 7 bridgehead atoms. The van der Waals surface area contributed by atoms with Crippen molar-refractivity contribution in [2.24, 2.45) is 47.3 Å². The smallest absolute Gasteiger partial charge is 0.312 e. The van der Waals surface area contributed by atoms with Gasteiger partial charge in [-0.15, -0.1) is 0 Å². The van der Waals surface area contributed by atoms with Crippen LogP contribution < -0.4 is 10.1 Å². The van der Waals surface area contributed by atoms with Gasteiger partial charge in [0.1, 0.15) is 29.0 Å². The zero-order valence-electron chi connectivity index (χ0n) is 41.1. The summed E-state index contributed by atoms with van der Waals surface area (Å²) in [6.45, 7) is 14.0. The van der Waals surface area contributed by atoms with Crippen molar-refractivity contribution < 1.29 is 67.8 Å². The van der Waals surface area contributed by atoms with E-state index in [-0.39, 0.29) is 83.3 Å². The molecule has 0 radical (unpaired) electrons. The first-order chi connectivity index (χ1) is 33.1. The minimum absolute atomic E-state index is 0.0257. The first-order valence-electron chi connectivity index (χ1n) is 24.2. The lowest BCUT2D eigenvalue weighted by molar-refractivity contribution is -0.160. The van der Waals surface area contributed by atoms with Crippen LogP contribution in [0.4, 0.5) is 0 Å². The second kappa shape index (κ2) is 19.3. The first-order valence-corrected chi connectivity index (χ1v) is 24.2. The highest BCUT2D eigenvalue weighted by Gasteiger charge is 2.59. The fourth-order valence-corrected chi connectivity index (χ4v) is 11.6. The fraction of sp³-hybridized carbons (Fsp3) is 0.558. The SMILES string of the molecule is CO[C@H]1/C=C/O[C@@]2(C)Oc3c(C)c(O)c4c(c3C2=O)C(=O)C(N2CCN(CCN3C(=O)[C@@H]5[C@H](C3=O)[C@H]3C=C[C@H]5C3)CC2)=C(NC(=O)/C(C)=C\C=C\[C@H](C)[C@H](O)[C@@H](C)[C@H](O)[C@H](C)[C@H](OC(C)=O)[C@@H]1C)C4=O. The number of likely N-dealkylation sites (tertiary alicyclic amines) is 1. The quantitative estimate of drug-likeness (QED) is 0.182. The molecule has 376 valence electrons. The summed E-state index contributed by atoms with van der Waals surface area (Å²) in [4.78, 5) is 103. The third kappa shape index (κ3) is 8.59. The summed E-state index contributed by atoms with van der Waals surface area (Å²) < 4.78 is 23.7. The maximum absolute atomic E-state index is 15.2. The normalized spacial score (nSPS) is 36.5. The van der Waals surface area contributed by atoms with E-state index < -0.39 is 106 Å². The zero-order valence-corrected chi connectivity index (χ0v) is 41.1. The molecule has 4 N–H and O–H groups in total. The van der Waals surface area contributed by atoms with E-state index in [4.69, 9.17) is 18.9 Å². The van der Waals surface area contributed by atoms with Gasteiger partial charge in [0.2, 0.25) is 23.4 Å². The van der Waals surface area contributed by atoms with Crippen LogP contribution in [0.15, 0.2) is 59.7 Å². The number of amides is 3. The van der Waals surface area contributed by atoms with E-state index in [1.165, 1.54) is 58.1 Å². The lowest BCUT2D eigenvalue weighted by Crippen LogP contribution is -2.51. The van der Waals surface area contributed by atoms with Crippen molar-refractivity contribution >= 4 is 41.0 Å². The Morgan fingerprint density at radius 3 is 2.09 bits per heavy atom. The average molecular weight is 969 g/mol. The van der Waals surface area contributed by atoms with Crippen molar-refractivity contribution in [1.29, 1.82) is 0 Å². The number of benzene rings is 1. The molecule has 3 fully saturated rings. The second-order valence-electron chi connectivity index (χ2n) is 20.2. The van der Waals surface area contributed by atoms with Crippen LogP contribution in [-0.2, 0) is 33.4 Å². The third-order valence-electron chi connectivity index (χ3n) is 15.8. The number of phenolic OH excluding ortho intramolecular Hbond substituents is 1. The zero-order chi connectivity index (χ0) is 50.8. The van der Waals surface area contributed by atoms with Gasteiger partial charge < -0.3 is 44.5 Å². The van der Waals surface area contributed by atoms with Crippen LogP contribution in [0, 0.1) is 54.3 Å². The van der Waals surface area contributed by atoms with Gasteiger partial charge in [-0.3, -0.25) is 43.4 Å². The van der Waals surface area contributed by atoms with Gasteiger partial charge in [0, 0.05) is 95.0 Å². The van der Waals surface area contributed by atoms with Crippen LogP contribution in [0.1, 0.15) is 91.5 Å². The Morgan fingerprint density at radius 1 is 0.829 bits per heavy atom. The Kier molecular flexibility index (Phi) is 13.9. The minimum Gasteiger partial charge on any atom is -0.507 e. The molecule has 9 rings (SSSR count). The molecule has 70 heavy (non-hydrogen) atoms. The number of aliphatic hydroxyl groups is 2. The predicted molar refractivity (Wildman–Crippen MR) is 251 cm³/mol. The Labute approximate surface area is 407 Å². The highest BCUT2D eigenvalue weighted by molar-refractivity contribution is 6.32. The van der Waals surface area contributed by atoms with Gasteiger partial charge in [0.05, 0.1) is 53.1 Å². The van der Waals surface area contributed by atoms with E-state index in [1.807, 2.05) is 17.1 Å². The summed E-state index contributed by atoms with van der Waals surface area (Å²) in [7, 11) is 1.42. The molecule has 8 aliphatic rings. The number of phenols is 1. The number of imide groups is 1. The second-order valence-corrected chi connectivity index (χ2v) is 20.2. The summed E-state index contributed by atoms with van der Waals surface area (Å²) in [5.74, 6) is -10.2. The van der Waals surface area contributed by atoms with E-state index in [1.54, 1.807) is 44.7 Å². The number of allylic oxidation sites excluding steroid dienone is 6. The number of rotatable bonds is 6. The maximum Gasteiger partial charge on any atom is 0.312 e. The van der Waals surface area contributed by atoms with Gasteiger partial charge >= 0.3 is 11.8 Å². The summed E-state index contributed by atoms with van der Waals surface area (Å²) in [6.07, 6.45) is 8.22. The monoisotopic (exact) mass is 968 g/mol. The lowest BCUT2D eigenvalue weighted by atomic mass is 9.78. The van der Waals surface area contributed by atoms with Crippen molar-refractivity contribution in [2.45, 2.75) is 92.0 Å². The lowest BCUT2D eigenvalue weighted by Gasteiger charge is -2.39. The highest BCUT2D eigenvalue weighted by Crippen LogP contribution is 2.53. The van der Waals surface area contributed by atoms with E-state index in [2.05, 4.69) is 5.32 Å². The van der Waals surface area contributed by atoms with Gasteiger partial charge in [-0.2, -0.15) is 0 Å². The maximum atomic E-state index is 15.2. The number of aliphatic hydroxyl groups excluding tert-OH is 2. The van der Waals surface area contributed by atoms with E-state index in [0.29, 0.717) is 19.6 Å². The van der Waals surface area contributed by atoms with Crippen molar-refractivity contribution in [2.75, 3.05) is 46.4 Å². The van der Waals surface area contributed by atoms with Crippen LogP contribution in [0.5, 0.6) is 11.5 Å². The van der Waals surface area contributed by atoms with Gasteiger partial charge in [0.15, 0.2) is 0 Å². The van der Waals surface area contributed by atoms with Crippen LogP contribution >= 0.6 is 0 Å². The first kappa shape index (κ1) is 50.4. The standard InChI is InChI=1S/C52H64N4O14/c1-24-11-10-12-25(2)49(64)53-39-40(55-19-16-54(17-20-55)18-21-56-50(65)34-31-13-14-32(23-31)35(34)51(56)66)45(62)36-37(44(39)61)43(60)29(6)47-38(36)48(63)52(8,70-47)68-22-15-33(67-9)26(3)46(69-30(7)57)28(5)42(59)27(4)41(24)58/h10-15,22,24,26-28,31-35,41-42,46,58-60H,16-21,23H2,1-9H3,(H,53,64)/b11-10+,22-15+,25-12-/t24-,26+,27+,28-,31-,32-,33-,34-,35+,41-,42-,46+,52-/m0/s1. The molecule has 0 spiro atoms. The Morgan fingerprint density at radius 2 is 1.47 bits per heavy atom. The number of ketones is 3. The molecule has 1 saturated carbocycles. The molecule has 3 aliphatic carbocycles. The Bertz CT molecular complexity index is 2520. The molecular formula is C52H64N4O14. The molecule has 1 aromatic carbocycles. The van der Waals surface area contributed by atoms with Gasteiger partial charge in [-0.25, -0.2) is 0 Å². The van der Waals surface area contributed by atoms with Crippen molar-refractivity contribution in [3.05, 3.63) is 81.9 Å². The van der Waals surface area contributed by atoms with E-state index in [0.717, 1.165) is 6.42 Å². The van der Waals surface area contributed by atoms with Gasteiger partial charge in [-0.05, 0) is 38.2 Å². The number of methoxy groups -OCH3 is 1. The number of ether oxygens (including phenoxy) is 4. The number of carbonyl (C=O) groups is 7. The number of nitrogens with one attached hydrogen (secondary N) is 1. The minimum atomic E-state index is -2.13. The molecule has 13 atom stereocenters. The number of carbonyl (C=O) groups excluding carboxylic acids is 7. The number of hydrogen-bond donors (Lipinski definition) is 4. The number of esters is 1. The summed E-state index contributed by atoms with van der Waals surface area (Å²) in [5.41, 5.74) is -1.70. The third-order valence-corrected chi connectivity index (χ3v) is 15.8. The highest BCUT2D eigenvalue weighted by atomic mass is 16.7. The van der Waals surface area contributed by atoms with Crippen LogP contribution in [0.25, 0.3) is 0 Å². The Hall–Kier alpha value is -5.95. The molecule has 2 saturated heterocycles. The van der Waals surface area contributed by atoms with Crippen molar-refractivity contribution in [1.82, 2.24) is 20.0 Å². The van der Waals surface area contributed by atoms with Crippen molar-refractivity contribution in [3.8, 4) is 11.5 Å². The summed E-state index contributed by atoms with van der Waals surface area (Å²) in [5, 5.41) is 37.4. The van der Waals surface area contributed by atoms with Gasteiger partial charge in [-0.1, -0.05) is 58.1 Å². The molecule has 0 unspecified atom stereocenters. The largest absolute Gasteiger partial charge is 0.507 e. The molecule has 5 heterocycles. The number of aromatic hydroxyl groups is 1. The molecule has 18 nitrogen and oxygen atoms in total. The van der Waals surface area contributed by atoms with Crippen molar-refractivity contribution in [3.63, 3.8) is 0 Å². The number of hydrogen-bond acceptors (Lipinski definition) is 16. The number of Topliss-reactive ketones (excluding diaryl/α,β-unsaturated/α-hetero) is 3. The van der Waals surface area contributed by atoms with E-state index in [9.17, 15) is 44.1 Å². The summed E-state index contributed by atoms with van der Waals surface area (Å²) >= 11 is 0. The predicted octanol–water partition coefficient (Wildman–Crippen LogP) is 3.38. The number of fused-ring (bicyclic) bond motifs is 19. The van der Waals surface area contributed by atoms with E-state index >= 15 is 4.79 Å².